The summed E-state index contributed by atoms with van der Waals surface area (Å²) in [7, 11) is 3.91. The van der Waals surface area contributed by atoms with E-state index in [1.165, 1.54) is 5.56 Å². The van der Waals surface area contributed by atoms with Crippen molar-refractivity contribution in [3.05, 3.63) is 29.8 Å². The summed E-state index contributed by atoms with van der Waals surface area (Å²) in [5.41, 5.74) is 1.21. The number of rotatable bonds is 10. The van der Waals surface area contributed by atoms with Gasteiger partial charge in [-0.1, -0.05) is 26.0 Å². The molecule has 2 rings (SSSR count). The van der Waals surface area contributed by atoms with Crippen LogP contribution < -0.4 is 10.1 Å². The molecular weight excluding hydrogens is 340 g/mol. The van der Waals surface area contributed by atoms with Gasteiger partial charge >= 0.3 is 0 Å². The zero-order valence-electron chi connectivity index (χ0n) is 17.4. The molecule has 0 saturated carbocycles. The normalized spacial score (nSPS) is 17.4. The molecule has 1 unspecified atom stereocenters. The first kappa shape index (κ1) is 21.5. The van der Waals surface area contributed by atoms with Gasteiger partial charge in [-0.25, -0.2) is 0 Å². The maximum Gasteiger partial charge on any atom is 0.193 e. The minimum atomic E-state index is 0.598. The van der Waals surface area contributed by atoms with Crippen LogP contribution in [-0.2, 0) is 11.3 Å². The van der Waals surface area contributed by atoms with Crippen LogP contribution >= 0.6 is 0 Å². The Bertz CT molecular complexity index is 552. The Balaban J connectivity index is 1.74. The molecule has 27 heavy (non-hydrogen) atoms. The topological polar surface area (TPSA) is 49.3 Å². The molecule has 1 aromatic rings. The van der Waals surface area contributed by atoms with Gasteiger partial charge in [-0.2, -0.15) is 0 Å². The van der Waals surface area contributed by atoms with Crippen molar-refractivity contribution in [3.63, 3.8) is 0 Å². The third kappa shape index (κ3) is 7.39. The highest BCUT2D eigenvalue weighted by Gasteiger charge is 2.18. The first-order chi connectivity index (χ1) is 13.2. The van der Waals surface area contributed by atoms with E-state index in [1.54, 1.807) is 0 Å². The molecule has 6 heteroatoms. The lowest BCUT2D eigenvalue weighted by molar-refractivity contribution is 0.181. The van der Waals surface area contributed by atoms with Gasteiger partial charge in [0.15, 0.2) is 5.96 Å². The summed E-state index contributed by atoms with van der Waals surface area (Å²) in [4.78, 5) is 8.94. The van der Waals surface area contributed by atoms with Gasteiger partial charge in [-0.05, 0) is 37.2 Å². The molecule has 0 radical (unpaired) electrons. The Labute approximate surface area is 164 Å². The van der Waals surface area contributed by atoms with E-state index >= 15 is 0 Å². The summed E-state index contributed by atoms with van der Waals surface area (Å²) in [5.74, 6) is 2.44. The average molecular weight is 377 g/mol. The number of aliphatic imine (C=N–C) groups is 1. The summed E-state index contributed by atoms with van der Waals surface area (Å²) in [6.45, 7) is 11.6. The average Bonchev–Trinajstić information content (AvgIpc) is 3.20. The molecule has 0 spiro atoms. The Hall–Kier alpha value is -1.79. The Morgan fingerprint density at radius 3 is 2.59 bits per heavy atom. The maximum atomic E-state index is 5.85. The number of nitrogens with one attached hydrogen (secondary N) is 1. The van der Waals surface area contributed by atoms with Gasteiger partial charge in [0.2, 0.25) is 0 Å². The molecule has 1 aliphatic heterocycles. The van der Waals surface area contributed by atoms with Crippen molar-refractivity contribution in [3.8, 4) is 5.75 Å². The van der Waals surface area contributed by atoms with Crippen LogP contribution in [0.1, 0.15) is 25.8 Å². The van der Waals surface area contributed by atoms with Crippen molar-refractivity contribution in [2.75, 3.05) is 60.1 Å². The minimum absolute atomic E-state index is 0.598. The minimum Gasteiger partial charge on any atom is -0.492 e. The summed E-state index contributed by atoms with van der Waals surface area (Å²) < 4.78 is 11.3. The lowest BCUT2D eigenvalue weighted by Gasteiger charge is -2.24. The van der Waals surface area contributed by atoms with Crippen LogP contribution in [0.25, 0.3) is 0 Å². The number of hydrogen-bond donors (Lipinski definition) is 1. The second-order valence-electron chi connectivity index (χ2n) is 7.03. The molecule has 1 aromatic carbocycles. The molecule has 0 bridgehead atoms. The molecule has 0 aliphatic carbocycles. The van der Waals surface area contributed by atoms with Crippen molar-refractivity contribution in [1.82, 2.24) is 15.1 Å². The summed E-state index contributed by atoms with van der Waals surface area (Å²) in [5, 5.41) is 3.44. The maximum absolute atomic E-state index is 5.85. The van der Waals surface area contributed by atoms with Gasteiger partial charge in [0.05, 0.1) is 6.61 Å². The molecule has 1 saturated heterocycles. The predicted octanol–water partition coefficient (Wildman–Crippen LogP) is 2.45. The van der Waals surface area contributed by atoms with Crippen molar-refractivity contribution in [1.29, 1.82) is 0 Å². The fourth-order valence-corrected chi connectivity index (χ4v) is 3.30. The number of guanidine groups is 1. The van der Waals surface area contributed by atoms with Crippen molar-refractivity contribution < 1.29 is 9.47 Å². The molecule has 152 valence electrons. The zero-order chi connectivity index (χ0) is 19.5. The quantitative estimate of drug-likeness (QED) is 0.502. The molecule has 1 atom stereocenters. The third-order valence-electron chi connectivity index (χ3n) is 5.07. The van der Waals surface area contributed by atoms with Gasteiger partial charge in [0.25, 0.3) is 0 Å². The monoisotopic (exact) mass is 376 g/mol. The second kappa shape index (κ2) is 11.8. The van der Waals surface area contributed by atoms with Gasteiger partial charge in [0, 0.05) is 46.3 Å². The van der Waals surface area contributed by atoms with E-state index < -0.39 is 0 Å². The second-order valence-corrected chi connectivity index (χ2v) is 7.03. The van der Waals surface area contributed by atoms with E-state index in [0.29, 0.717) is 5.92 Å². The van der Waals surface area contributed by atoms with Crippen molar-refractivity contribution in [2.24, 2.45) is 10.9 Å². The van der Waals surface area contributed by atoms with Crippen LogP contribution in [0.4, 0.5) is 0 Å². The SMILES string of the molecule is CCN(CC)CCOc1ccc(CNC(=NC)N(C)CC2CCOC2)cc1. The highest BCUT2D eigenvalue weighted by atomic mass is 16.5. The first-order valence-corrected chi connectivity index (χ1v) is 10.1. The predicted molar refractivity (Wildman–Crippen MR) is 111 cm³/mol. The van der Waals surface area contributed by atoms with Crippen LogP contribution in [0.15, 0.2) is 29.3 Å². The third-order valence-corrected chi connectivity index (χ3v) is 5.07. The number of likely N-dealkylation sites (N-methyl/N-ethyl adjacent to an activating group) is 1. The largest absolute Gasteiger partial charge is 0.492 e. The number of nitrogens with zero attached hydrogens (tertiary/aromatic N) is 3. The van der Waals surface area contributed by atoms with E-state index in [9.17, 15) is 0 Å². The number of hydrogen-bond acceptors (Lipinski definition) is 4. The smallest absolute Gasteiger partial charge is 0.193 e. The zero-order valence-corrected chi connectivity index (χ0v) is 17.4. The number of ether oxygens (including phenoxy) is 2. The molecule has 6 nitrogen and oxygen atoms in total. The lowest BCUT2D eigenvalue weighted by atomic mass is 10.1. The Morgan fingerprint density at radius 1 is 1.26 bits per heavy atom. The van der Waals surface area contributed by atoms with E-state index in [1.807, 2.05) is 19.2 Å². The molecule has 0 aromatic heterocycles. The fraction of sp³-hybridized carbons (Fsp3) is 0.667. The molecule has 1 N–H and O–H groups in total. The summed E-state index contributed by atoms with van der Waals surface area (Å²) >= 11 is 0. The Kier molecular flexibility index (Phi) is 9.42. The molecule has 1 aliphatic rings. The van der Waals surface area contributed by atoms with E-state index in [4.69, 9.17) is 9.47 Å². The van der Waals surface area contributed by atoms with E-state index in [2.05, 4.69) is 53.1 Å². The van der Waals surface area contributed by atoms with Crippen LogP contribution in [0.2, 0.25) is 0 Å². The van der Waals surface area contributed by atoms with Gasteiger partial charge in [0.1, 0.15) is 12.4 Å². The van der Waals surface area contributed by atoms with Crippen LogP contribution in [-0.4, -0.2) is 75.9 Å². The molecule has 1 fully saturated rings. The van der Waals surface area contributed by atoms with Gasteiger partial charge in [-0.15, -0.1) is 0 Å². The van der Waals surface area contributed by atoms with E-state index in [0.717, 1.165) is 70.7 Å². The first-order valence-electron chi connectivity index (χ1n) is 10.1. The highest BCUT2D eigenvalue weighted by Crippen LogP contribution is 2.14. The Morgan fingerprint density at radius 2 is 2.00 bits per heavy atom. The highest BCUT2D eigenvalue weighted by molar-refractivity contribution is 5.79. The number of benzene rings is 1. The van der Waals surface area contributed by atoms with Crippen molar-refractivity contribution >= 4 is 5.96 Å². The lowest BCUT2D eigenvalue weighted by Crippen LogP contribution is -2.41. The van der Waals surface area contributed by atoms with Crippen LogP contribution in [0, 0.1) is 5.92 Å². The fourth-order valence-electron chi connectivity index (χ4n) is 3.30. The molecular formula is C21H36N4O2. The molecule has 1 heterocycles. The van der Waals surface area contributed by atoms with E-state index in [-0.39, 0.29) is 0 Å². The molecule has 0 amide bonds. The van der Waals surface area contributed by atoms with Crippen LogP contribution in [0.3, 0.4) is 0 Å². The van der Waals surface area contributed by atoms with Gasteiger partial charge < -0.3 is 24.6 Å². The summed E-state index contributed by atoms with van der Waals surface area (Å²) in [6.07, 6.45) is 1.14. The summed E-state index contributed by atoms with van der Waals surface area (Å²) in [6, 6.07) is 8.30. The van der Waals surface area contributed by atoms with Crippen molar-refractivity contribution in [2.45, 2.75) is 26.8 Å². The van der Waals surface area contributed by atoms with Crippen LogP contribution in [0.5, 0.6) is 5.75 Å². The van der Waals surface area contributed by atoms with Gasteiger partial charge in [-0.3, -0.25) is 4.99 Å². The standard InChI is InChI=1S/C21H36N4O2/c1-5-25(6-2)12-14-27-20-9-7-18(8-10-20)15-23-21(22-3)24(4)16-19-11-13-26-17-19/h7-10,19H,5-6,11-17H2,1-4H3,(H,22,23).